The molecule has 0 saturated heterocycles. The first kappa shape index (κ1) is 13.3. The van der Waals surface area contributed by atoms with Gasteiger partial charge in [0, 0.05) is 17.0 Å². The van der Waals surface area contributed by atoms with Gasteiger partial charge in [-0.1, -0.05) is 12.1 Å². The molecule has 2 aromatic carbocycles. The molecule has 0 unspecified atom stereocenters. The highest BCUT2D eigenvalue weighted by Gasteiger charge is 2.14. The average molecular weight is 308 g/mol. The second kappa shape index (κ2) is 5.03. The topological polar surface area (TPSA) is 20.7 Å². The van der Waals surface area contributed by atoms with Crippen LogP contribution in [0.4, 0.5) is 8.78 Å². The molecule has 0 saturated carbocycles. The molecule has 3 aromatic rings. The molecule has 1 N–H and O–H groups in total. The summed E-state index contributed by atoms with van der Waals surface area (Å²) in [6.45, 7) is 0. The summed E-state index contributed by atoms with van der Waals surface area (Å²) in [5.41, 5.74) is 1.42. The van der Waals surface area contributed by atoms with Gasteiger partial charge in [-0.05, 0) is 30.6 Å². The first-order chi connectivity index (χ1) is 9.61. The van der Waals surface area contributed by atoms with Gasteiger partial charge in [0.2, 0.25) is 0 Å². The Morgan fingerprint density at radius 2 is 1.95 bits per heavy atom. The molecule has 0 aliphatic carbocycles. The molecule has 0 aliphatic rings. The third kappa shape index (κ3) is 2.05. The number of hydrogen-bond donors (Lipinski definition) is 1. The molecule has 102 valence electrons. The van der Waals surface area contributed by atoms with E-state index in [1.54, 1.807) is 16.3 Å². The van der Waals surface area contributed by atoms with E-state index >= 15 is 0 Å². The molecule has 20 heavy (non-hydrogen) atoms. The molecule has 3 rings (SSSR count). The monoisotopic (exact) mass is 308 g/mol. The van der Waals surface area contributed by atoms with Gasteiger partial charge in [0.15, 0.2) is 10.6 Å². The Bertz CT molecular complexity index is 852. The number of benzene rings is 2. The molecule has 0 bridgehead atoms. The molecular weight excluding hydrogens is 298 g/mol. The standard InChI is InChI=1S/C14H10F2N2S2/c1-20-12-5-3-2-4-10(12)18-11-7-8(15)6-9(16)13(11)17-14(18)19/h2-7H,1H3,(H,17,19). The molecule has 0 spiro atoms. The van der Waals surface area contributed by atoms with Crippen LogP contribution in [-0.4, -0.2) is 15.8 Å². The quantitative estimate of drug-likeness (QED) is 0.548. The van der Waals surface area contributed by atoms with Crippen molar-refractivity contribution in [2.75, 3.05) is 6.26 Å². The third-order valence-electron chi connectivity index (χ3n) is 3.04. The number of halogens is 2. The van der Waals surface area contributed by atoms with Gasteiger partial charge in [-0.25, -0.2) is 8.78 Å². The van der Waals surface area contributed by atoms with Crippen molar-refractivity contribution in [1.82, 2.24) is 9.55 Å². The highest BCUT2D eigenvalue weighted by molar-refractivity contribution is 7.98. The summed E-state index contributed by atoms with van der Waals surface area (Å²) in [6.07, 6.45) is 1.94. The number of hydrogen-bond acceptors (Lipinski definition) is 2. The lowest BCUT2D eigenvalue weighted by Gasteiger charge is -2.09. The van der Waals surface area contributed by atoms with Crippen molar-refractivity contribution < 1.29 is 8.78 Å². The SMILES string of the molecule is CSc1ccccc1-n1c(=S)[nH]c2c(F)cc(F)cc21. The van der Waals surface area contributed by atoms with Crippen molar-refractivity contribution in [3.8, 4) is 5.69 Å². The van der Waals surface area contributed by atoms with Crippen LogP contribution in [-0.2, 0) is 0 Å². The Balaban J connectivity index is 2.42. The summed E-state index contributed by atoms with van der Waals surface area (Å²) < 4.78 is 29.3. The van der Waals surface area contributed by atoms with Crippen molar-refractivity contribution >= 4 is 35.0 Å². The summed E-state index contributed by atoms with van der Waals surface area (Å²) in [5.74, 6) is -1.27. The van der Waals surface area contributed by atoms with E-state index in [1.165, 1.54) is 6.07 Å². The summed E-state index contributed by atoms with van der Waals surface area (Å²) in [7, 11) is 0. The third-order valence-corrected chi connectivity index (χ3v) is 4.11. The number of nitrogens with one attached hydrogen (secondary N) is 1. The lowest BCUT2D eigenvalue weighted by molar-refractivity contribution is 0.590. The zero-order valence-electron chi connectivity index (χ0n) is 10.5. The van der Waals surface area contributed by atoms with Crippen LogP contribution >= 0.6 is 24.0 Å². The van der Waals surface area contributed by atoms with Gasteiger partial charge in [0.25, 0.3) is 0 Å². The maximum Gasteiger partial charge on any atom is 0.182 e. The maximum atomic E-state index is 13.8. The van der Waals surface area contributed by atoms with E-state index in [0.29, 0.717) is 10.3 Å². The highest BCUT2D eigenvalue weighted by Crippen LogP contribution is 2.28. The lowest BCUT2D eigenvalue weighted by Crippen LogP contribution is -1.96. The van der Waals surface area contributed by atoms with Crippen LogP contribution in [0.25, 0.3) is 16.7 Å². The van der Waals surface area contributed by atoms with Gasteiger partial charge in [0.1, 0.15) is 11.3 Å². The molecule has 2 nitrogen and oxygen atoms in total. The van der Waals surface area contributed by atoms with E-state index in [-0.39, 0.29) is 5.52 Å². The van der Waals surface area contributed by atoms with Crippen LogP contribution in [0.15, 0.2) is 41.3 Å². The molecule has 0 atom stereocenters. The molecule has 0 fully saturated rings. The van der Waals surface area contributed by atoms with E-state index in [4.69, 9.17) is 12.2 Å². The highest BCUT2D eigenvalue weighted by atomic mass is 32.2. The van der Waals surface area contributed by atoms with Crippen LogP contribution in [0.2, 0.25) is 0 Å². The van der Waals surface area contributed by atoms with Gasteiger partial charge in [-0.15, -0.1) is 11.8 Å². The summed E-state index contributed by atoms with van der Waals surface area (Å²) in [4.78, 5) is 3.78. The Morgan fingerprint density at radius 1 is 1.20 bits per heavy atom. The number of imidazole rings is 1. The fourth-order valence-corrected chi connectivity index (χ4v) is 3.07. The first-order valence-corrected chi connectivity index (χ1v) is 7.48. The largest absolute Gasteiger partial charge is 0.328 e. The van der Waals surface area contributed by atoms with Crippen LogP contribution in [0.3, 0.4) is 0 Å². The molecule has 0 radical (unpaired) electrons. The number of rotatable bonds is 2. The fourth-order valence-electron chi connectivity index (χ4n) is 2.19. The van der Waals surface area contributed by atoms with Crippen LogP contribution in [0.5, 0.6) is 0 Å². The Labute approximate surface area is 123 Å². The summed E-state index contributed by atoms with van der Waals surface area (Å²) in [6, 6.07) is 9.72. The van der Waals surface area contributed by atoms with Crippen LogP contribution in [0, 0.1) is 16.4 Å². The van der Waals surface area contributed by atoms with Gasteiger partial charge in [-0.3, -0.25) is 4.57 Å². The van der Waals surface area contributed by atoms with Crippen molar-refractivity contribution in [2.45, 2.75) is 4.90 Å². The Hall–Kier alpha value is -1.66. The lowest BCUT2D eigenvalue weighted by atomic mass is 10.2. The fraction of sp³-hybridized carbons (Fsp3) is 0.0714. The van der Waals surface area contributed by atoms with E-state index in [1.807, 2.05) is 30.5 Å². The van der Waals surface area contributed by atoms with Crippen LogP contribution in [0.1, 0.15) is 0 Å². The van der Waals surface area contributed by atoms with Gasteiger partial charge < -0.3 is 4.98 Å². The Kier molecular flexibility index (Phi) is 3.35. The normalized spacial score (nSPS) is 11.2. The first-order valence-electron chi connectivity index (χ1n) is 5.85. The second-order valence-corrected chi connectivity index (χ2v) is 5.45. The number of para-hydroxylation sites is 1. The van der Waals surface area contributed by atoms with Crippen molar-refractivity contribution in [2.24, 2.45) is 0 Å². The predicted molar refractivity (Wildman–Crippen MR) is 80.2 cm³/mol. The molecule has 0 amide bonds. The predicted octanol–water partition coefficient (Wildman–Crippen LogP) is 4.69. The summed E-state index contributed by atoms with van der Waals surface area (Å²) >= 11 is 6.81. The minimum absolute atomic E-state index is 0.215. The van der Waals surface area contributed by atoms with Crippen LogP contribution < -0.4 is 0 Å². The number of fused-ring (bicyclic) bond motifs is 1. The van der Waals surface area contributed by atoms with Gasteiger partial charge in [0.05, 0.1) is 11.2 Å². The van der Waals surface area contributed by atoms with Gasteiger partial charge >= 0.3 is 0 Å². The molecular formula is C14H10F2N2S2. The zero-order valence-corrected chi connectivity index (χ0v) is 12.1. The number of H-pyrrole nitrogens is 1. The maximum absolute atomic E-state index is 13.8. The van der Waals surface area contributed by atoms with E-state index in [9.17, 15) is 8.78 Å². The number of aromatic nitrogens is 2. The Morgan fingerprint density at radius 3 is 2.70 bits per heavy atom. The van der Waals surface area contributed by atoms with Gasteiger partial charge in [-0.2, -0.15) is 0 Å². The summed E-state index contributed by atoms with van der Waals surface area (Å²) in [5, 5.41) is 0. The van der Waals surface area contributed by atoms with E-state index in [0.717, 1.165) is 16.6 Å². The smallest absolute Gasteiger partial charge is 0.182 e. The van der Waals surface area contributed by atoms with Crippen molar-refractivity contribution in [3.05, 3.63) is 52.8 Å². The number of nitrogens with zero attached hydrogens (tertiary/aromatic N) is 1. The van der Waals surface area contributed by atoms with E-state index in [2.05, 4.69) is 4.98 Å². The molecule has 6 heteroatoms. The molecule has 1 heterocycles. The van der Waals surface area contributed by atoms with Crippen molar-refractivity contribution in [3.63, 3.8) is 0 Å². The van der Waals surface area contributed by atoms with Crippen molar-refractivity contribution in [1.29, 1.82) is 0 Å². The number of thioether (sulfide) groups is 1. The molecule has 0 aliphatic heterocycles. The van der Waals surface area contributed by atoms with E-state index < -0.39 is 11.6 Å². The zero-order chi connectivity index (χ0) is 14.3. The minimum Gasteiger partial charge on any atom is -0.328 e. The molecule has 1 aromatic heterocycles. The average Bonchev–Trinajstić information content (AvgIpc) is 2.75. The number of aromatic amines is 1. The second-order valence-electron chi connectivity index (χ2n) is 4.22. The minimum atomic E-state index is -0.647.